The Kier molecular flexibility index (Phi) is 9.33. The van der Waals surface area contributed by atoms with Crippen LogP contribution >= 0.6 is 11.8 Å². The highest BCUT2D eigenvalue weighted by molar-refractivity contribution is 7.99. The number of nitrogens with zero attached hydrogens (tertiary/aromatic N) is 4. The van der Waals surface area contributed by atoms with E-state index in [1.807, 2.05) is 12.1 Å². The van der Waals surface area contributed by atoms with Crippen LogP contribution in [0.5, 0.6) is 0 Å². The van der Waals surface area contributed by atoms with E-state index in [1.165, 1.54) is 5.56 Å². The van der Waals surface area contributed by atoms with E-state index in [0.29, 0.717) is 24.0 Å². The first-order chi connectivity index (χ1) is 19.3. The Morgan fingerprint density at radius 1 is 1.05 bits per heavy atom. The topological polar surface area (TPSA) is 86.2 Å². The summed E-state index contributed by atoms with van der Waals surface area (Å²) >= 11 is 1.54. The van der Waals surface area contributed by atoms with Gasteiger partial charge >= 0.3 is 12.0 Å². The number of pyridine rings is 1. The zero-order valence-electron chi connectivity index (χ0n) is 23.9. The zero-order valence-corrected chi connectivity index (χ0v) is 24.7. The minimum Gasteiger partial charge on any atom is -0.478 e. The van der Waals surface area contributed by atoms with Crippen molar-refractivity contribution in [2.45, 2.75) is 87.5 Å². The summed E-state index contributed by atoms with van der Waals surface area (Å²) in [6.07, 6.45) is 4.98. The van der Waals surface area contributed by atoms with Gasteiger partial charge < -0.3 is 19.6 Å². The largest absolute Gasteiger partial charge is 0.478 e. The van der Waals surface area contributed by atoms with Crippen LogP contribution in [0.3, 0.4) is 0 Å². The number of hydrogen-bond donors (Lipinski definition) is 1. The fraction of sp³-hybridized carbons (Fsp3) is 0.581. The zero-order chi connectivity index (χ0) is 28.2. The average molecular weight is 567 g/mol. The summed E-state index contributed by atoms with van der Waals surface area (Å²) in [7, 11) is 0. The highest BCUT2D eigenvalue weighted by atomic mass is 32.2. The maximum Gasteiger partial charge on any atom is 0.335 e. The van der Waals surface area contributed by atoms with Crippen molar-refractivity contribution in [1.82, 2.24) is 19.7 Å². The van der Waals surface area contributed by atoms with E-state index in [2.05, 4.69) is 47.6 Å². The minimum absolute atomic E-state index is 0.252. The van der Waals surface area contributed by atoms with Crippen molar-refractivity contribution in [2.75, 3.05) is 32.8 Å². The SMILES string of the molecule is Cc1nc(Sc2ccc(C(=O)O)cc2)ccc1CN1CCC(N2C(=O)N(C3CCOCC3)C[C@H]2CC(C)C)CC1. The monoisotopic (exact) mass is 566 g/mol. The lowest BCUT2D eigenvalue weighted by Gasteiger charge is -2.39. The highest BCUT2D eigenvalue weighted by Gasteiger charge is 2.44. The van der Waals surface area contributed by atoms with Gasteiger partial charge in [0.2, 0.25) is 0 Å². The number of carbonyl (C=O) groups excluding carboxylic acids is 1. The molecule has 3 aliphatic heterocycles. The molecule has 8 nitrogen and oxygen atoms in total. The number of carbonyl (C=O) groups is 2. The van der Waals surface area contributed by atoms with Gasteiger partial charge in [-0.25, -0.2) is 14.6 Å². The molecule has 0 saturated carbocycles. The molecular weight excluding hydrogens is 524 g/mol. The van der Waals surface area contributed by atoms with Gasteiger partial charge in [-0.3, -0.25) is 4.90 Å². The van der Waals surface area contributed by atoms with Gasteiger partial charge in [0.25, 0.3) is 0 Å². The van der Waals surface area contributed by atoms with Crippen molar-refractivity contribution in [3.05, 3.63) is 53.2 Å². The number of aromatic nitrogens is 1. The summed E-state index contributed by atoms with van der Waals surface area (Å²) < 4.78 is 5.56. The molecule has 1 aromatic heterocycles. The average Bonchev–Trinajstić information content (AvgIpc) is 3.26. The number of amides is 2. The Labute approximate surface area is 242 Å². The van der Waals surface area contributed by atoms with Crippen LogP contribution < -0.4 is 0 Å². The van der Waals surface area contributed by atoms with Crippen LogP contribution in [0.15, 0.2) is 46.3 Å². The van der Waals surface area contributed by atoms with Gasteiger partial charge in [-0.15, -0.1) is 0 Å². The number of aryl methyl sites for hydroxylation is 1. The molecule has 3 saturated heterocycles. The van der Waals surface area contributed by atoms with Crippen LogP contribution in [-0.2, 0) is 11.3 Å². The lowest BCUT2D eigenvalue weighted by molar-refractivity contribution is 0.0493. The minimum atomic E-state index is -0.918. The third kappa shape index (κ3) is 6.81. The summed E-state index contributed by atoms with van der Waals surface area (Å²) in [5.74, 6) is -0.353. The molecule has 0 radical (unpaired) electrons. The molecule has 1 atom stereocenters. The van der Waals surface area contributed by atoms with Crippen LogP contribution in [-0.4, -0.2) is 87.8 Å². The van der Waals surface area contributed by atoms with Gasteiger partial charge in [0.1, 0.15) is 5.03 Å². The summed E-state index contributed by atoms with van der Waals surface area (Å²) in [6, 6.07) is 12.3. The van der Waals surface area contributed by atoms with Gasteiger partial charge in [-0.1, -0.05) is 31.7 Å². The summed E-state index contributed by atoms with van der Waals surface area (Å²) in [5, 5.41) is 10.0. The van der Waals surface area contributed by atoms with Crippen LogP contribution in [0, 0.1) is 12.8 Å². The standard InChI is InChI=1S/C31H42N4O4S/c1-21(2)18-27-20-34(25-12-16-39-17-13-25)31(38)35(27)26-10-14-33(15-11-26)19-24-6-9-29(32-22(24)3)40-28-7-4-23(5-8-28)30(36)37/h4-9,21,25-27H,10-20H2,1-3H3,(H,36,37)/t27-/m1/s1. The second-order valence-corrected chi connectivity index (χ2v) is 12.9. The van der Waals surface area contributed by atoms with Gasteiger partial charge in [0.15, 0.2) is 0 Å². The fourth-order valence-electron chi connectivity index (χ4n) is 6.36. The number of ether oxygens (including phenoxy) is 1. The summed E-state index contributed by atoms with van der Waals surface area (Å²) in [4.78, 5) is 37.5. The third-order valence-corrected chi connectivity index (χ3v) is 9.42. The van der Waals surface area contributed by atoms with Crippen molar-refractivity contribution in [2.24, 2.45) is 5.92 Å². The number of carboxylic acid groups (broad SMARTS) is 1. The molecule has 0 spiro atoms. The van der Waals surface area contributed by atoms with Crippen molar-refractivity contribution < 1.29 is 19.4 Å². The molecule has 3 fully saturated rings. The normalized spacial score (nSPS) is 21.5. The molecule has 4 heterocycles. The molecular formula is C31H42N4O4S. The second kappa shape index (κ2) is 12.9. The van der Waals surface area contributed by atoms with E-state index >= 15 is 0 Å². The lowest BCUT2D eigenvalue weighted by atomic mass is 9.97. The first kappa shape index (κ1) is 28.9. The molecule has 3 aliphatic rings. The molecule has 1 aromatic carbocycles. The maximum absolute atomic E-state index is 13.7. The molecule has 1 N–H and O–H groups in total. The lowest BCUT2D eigenvalue weighted by Crippen LogP contribution is -2.50. The Bertz CT molecular complexity index is 1180. The Morgan fingerprint density at radius 3 is 2.38 bits per heavy atom. The smallest absolute Gasteiger partial charge is 0.335 e. The fourth-order valence-corrected chi connectivity index (χ4v) is 7.19. The van der Waals surface area contributed by atoms with E-state index < -0.39 is 5.97 Å². The molecule has 216 valence electrons. The van der Waals surface area contributed by atoms with E-state index in [0.717, 1.165) is 87.1 Å². The quantitative estimate of drug-likeness (QED) is 0.427. The summed E-state index contributed by atoms with van der Waals surface area (Å²) in [6.45, 7) is 11.8. The number of piperidine rings is 1. The van der Waals surface area contributed by atoms with Crippen LogP contribution in [0.2, 0.25) is 0 Å². The second-order valence-electron chi connectivity index (χ2n) is 11.8. The molecule has 0 unspecified atom stereocenters. The van der Waals surface area contributed by atoms with E-state index in [-0.39, 0.29) is 11.6 Å². The number of urea groups is 1. The molecule has 2 aromatic rings. The van der Waals surface area contributed by atoms with Gasteiger partial charge in [-0.2, -0.15) is 0 Å². The summed E-state index contributed by atoms with van der Waals surface area (Å²) in [5.41, 5.74) is 2.53. The molecule has 5 rings (SSSR count). The number of hydrogen-bond acceptors (Lipinski definition) is 6. The number of rotatable bonds is 9. The Morgan fingerprint density at radius 2 is 1.75 bits per heavy atom. The van der Waals surface area contributed by atoms with Crippen LogP contribution in [0.25, 0.3) is 0 Å². The Balaban J connectivity index is 1.17. The van der Waals surface area contributed by atoms with Crippen molar-refractivity contribution in [3.63, 3.8) is 0 Å². The van der Waals surface area contributed by atoms with E-state index in [4.69, 9.17) is 14.8 Å². The first-order valence-corrected chi connectivity index (χ1v) is 15.5. The molecule has 0 bridgehead atoms. The van der Waals surface area contributed by atoms with E-state index in [9.17, 15) is 9.59 Å². The Hall–Kier alpha value is -2.62. The maximum atomic E-state index is 13.7. The number of benzene rings is 1. The molecule has 9 heteroatoms. The van der Waals surface area contributed by atoms with E-state index in [1.54, 1.807) is 23.9 Å². The van der Waals surface area contributed by atoms with Gasteiger partial charge in [0, 0.05) is 62.1 Å². The number of carboxylic acids is 1. The van der Waals surface area contributed by atoms with Gasteiger partial charge in [-0.05, 0) is 80.8 Å². The van der Waals surface area contributed by atoms with Crippen LogP contribution in [0.4, 0.5) is 4.79 Å². The number of aromatic carboxylic acids is 1. The van der Waals surface area contributed by atoms with Crippen molar-refractivity contribution in [1.29, 1.82) is 0 Å². The third-order valence-electron chi connectivity index (χ3n) is 8.48. The predicted molar refractivity (Wildman–Crippen MR) is 156 cm³/mol. The number of likely N-dealkylation sites (tertiary alicyclic amines) is 1. The predicted octanol–water partition coefficient (Wildman–Crippen LogP) is 5.54. The first-order valence-electron chi connectivity index (χ1n) is 14.6. The molecule has 2 amide bonds. The van der Waals surface area contributed by atoms with Crippen LogP contribution in [0.1, 0.15) is 67.6 Å². The molecule has 0 aliphatic carbocycles. The molecule has 40 heavy (non-hydrogen) atoms. The highest BCUT2D eigenvalue weighted by Crippen LogP contribution is 2.33. The van der Waals surface area contributed by atoms with Gasteiger partial charge in [0.05, 0.1) is 11.6 Å². The van der Waals surface area contributed by atoms with Crippen molar-refractivity contribution >= 4 is 23.8 Å². The van der Waals surface area contributed by atoms with Crippen molar-refractivity contribution in [3.8, 4) is 0 Å².